The van der Waals surface area contributed by atoms with E-state index in [0.717, 1.165) is 42.9 Å². The molecule has 2 fully saturated rings. The zero-order chi connectivity index (χ0) is 21.9. The van der Waals surface area contributed by atoms with Gasteiger partial charge >= 0.3 is 0 Å². The van der Waals surface area contributed by atoms with Crippen LogP contribution in [0.25, 0.3) is 0 Å². The van der Waals surface area contributed by atoms with E-state index in [2.05, 4.69) is 34.5 Å². The third kappa shape index (κ3) is 5.40. The average Bonchev–Trinajstić information content (AvgIpc) is 2.83. The maximum atomic E-state index is 13.0. The quantitative estimate of drug-likeness (QED) is 0.721. The van der Waals surface area contributed by atoms with E-state index in [1.165, 1.54) is 0 Å². The lowest BCUT2D eigenvalue weighted by atomic mass is 9.89. The van der Waals surface area contributed by atoms with E-state index in [9.17, 15) is 9.59 Å². The van der Waals surface area contributed by atoms with Crippen LogP contribution < -0.4 is 10.6 Å². The summed E-state index contributed by atoms with van der Waals surface area (Å²) in [5, 5.41) is 10.7. The molecule has 2 aliphatic heterocycles. The Morgan fingerprint density at radius 1 is 1.33 bits per heavy atom. The molecule has 1 aromatic heterocycles. The first-order valence-corrected chi connectivity index (χ1v) is 11.1. The predicted octanol–water partition coefficient (Wildman–Crippen LogP) is 1.09. The summed E-state index contributed by atoms with van der Waals surface area (Å²) < 4.78 is 7.38. The van der Waals surface area contributed by atoms with Gasteiger partial charge in [0.2, 0.25) is 11.8 Å². The van der Waals surface area contributed by atoms with E-state index in [1.807, 2.05) is 25.6 Å². The molecule has 3 heterocycles. The van der Waals surface area contributed by atoms with Gasteiger partial charge in [-0.15, -0.1) is 0 Å². The average molecular weight is 420 g/mol. The van der Waals surface area contributed by atoms with Crippen molar-refractivity contribution < 1.29 is 14.3 Å². The molecule has 2 saturated heterocycles. The number of carbonyl (C=O) groups is 2. The highest BCUT2D eigenvalue weighted by Gasteiger charge is 2.41. The number of aromatic nitrogens is 2. The maximum absolute atomic E-state index is 13.0. The fourth-order valence-corrected chi connectivity index (χ4v) is 4.72. The maximum Gasteiger partial charge on any atom is 0.244 e. The van der Waals surface area contributed by atoms with Crippen LogP contribution in [0.2, 0.25) is 0 Å². The summed E-state index contributed by atoms with van der Waals surface area (Å²) >= 11 is 0. The van der Waals surface area contributed by atoms with Crippen LogP contribution in [0.1, 0.15) is 50.1 Å². The molecule has 2 N–H and O–H groups in total. The zero-order valence-electron chi connectivity index (χ0n) is 19.1. The largest absolute Gasteiger partial charge is 0.381 e. The van der Waals surface area contributed by atoms with Crippen LogP contribution >= 0.6 is 0 Å². The highest BCUT2D eigenvalue weighted by Crippen LogP contribution is 2.25. The molecule has 0 aromatic carbocycles. The first-order chi connectivity index (χ1) is 14.2. The van der Waals surface area contributed by atoms with E-state index in [0.29, 0.717) is 38.5 Å². The molecule has 0 saturated carbocycles. The Balaban J connectivity index is 1.65. The van der Waals surface area contributed by atoms with Crippen molar-refractivity contribution in [2.45, 2.75) is 65.0 Å². The number of hydrogen-bond donors (Lipinski definition) is 2. The van der Waals surface area contributed by atoms with Gasteiger partial charge in [-0.3, -0.25) is 19.2 Å². The van der Waals surface area contributed by atoms with Crippen LogP contribution in [0.3, 0.4) is 0 Å². The fraction of sp³-hybridized carbons (Fsp3) is 0.773. The van der Waals surface area contributed by atoms with Crippen LogP contribution in [0.15, 0.2) is 0 Å². The summed E-state index contributed by atoms with van der Waals surface area (Å²) in [6.45, 7) is 11.9. The van der Waals surface area contributed by atoms with Crippen LogP contribution in [-0.4, -0.2) is 70.9 Å². The van der Waals surface area contributed by atoms with Crippen molar-refractivity contribution >= 4 is 11.8 Å². The number of carbonyl (C=O) groups excluding carboxylic acids is 2. The van der Waals surface area contributed by atoms with E-state index in [4.69, 9.17) is 4.74 Å². The van der Waals surface area contributed by atoms with E-state index in [1.54, 1.807) is 0 Å². The molecule has 2 aliphatic rings. The Bertz CT molecular complexity index is 767. The lowest BCUT2D eigenvalue weighted by Gasteiger charge is -2.39. The van der Waals surface area contributed by atoms with Crippen molar-refractivity contribution in [2.24, 2.45) is 13.0 Å². The lowest BCUT2D eigenvalue weighted by Crippen LogP contribution is -2.57. The number of hydrogen-bond acceptors (Lipinski definition) is 5. The smallest absolute Gasteiger partial charge is 0.244 e. The number of amides is 2. The van der Waals surface area contributed by atoms with Gasteiger partial charge in [0.05, 0.1) is 11.2 Å². The Morgan fingerprint density at radius 2 is 2.03 bits per heavy atom. The molecule has 168 valence electrons. The first-order valence-electron chi connectivity index (χ1n) is 11.1. The van der Waals surface area contributed by atoms with Gasteiger partial charge in [-0.05, 0) is 44.6 Å². The molecule has 0 aliphatic carbocycles. The molecule has 8 nitrogen and oxygen atoms in total. The summed E-state index contributed by atoms with van der Waals surface area (Å²) in [7, 11) is 1.91. The van der Waals surface area contributed by atoms with Gasteiger partial charge in [0.25, 0.3) is 0 Å². The Morgan fingerprint density at radius 3 is 2.63 bits per heavy atom. The highest BCUT2D eigenvalue weighted by molar-refractivity contribution is 5.88. The Labute approximate surface area is 179 Å². The van der Waals surface area contributed by atoms with Crippen molar-refractivity contribution in [1.82, 2.24) is 25.3 Å². The molecule has 1 atom stereocenters. The Hall–Kier alpha value is -1.93. The third-order valence-electron chi connectivity index (χ3n) is 6.34. The van der Waals surface area contributed by atoms with Gasteiger partial charge in [0, 0.05) is 52.0 Å². The molecule has 0 bridgehead atoms. The Kier molecular flexibility index (Phi) is 7.18. The SMILES string of the molecule is Cc1nn(C)c(C)c1CCC(=O)NC1CN(CC(C)C)CC2(CCOCC2)NC1=O. The fourth-order valence-electron chi connectivity index (χ4n) is 4.72. The molecular weight excluding hydrogens is 382 g/mol. The number of rotatable bonds is 6. The second-order valence-electron chi connectivity index (χ2n) is 9.36. The molecule has 0 radical (unpaired) electrons. The molecule has 1 spiro atoms. The molecule has 8 heteroatoms. The normalized spacial score (nSPS) is 22.2. The molecule has 30 heavy (non-hydrogen) atoms. The van der Waals surface area contributed by atoms with Gasteiger partial charge in [-0.1, -0.05) is 13.8 Å². The van der Waals surface area contributed by atoms with Crippen molar-refractivity contribution in [3.8, 4) is 0 Å². The summed E-state index contributed by atoms with van der Waals surface area (Å²) in [5.41, 5.74) is 2.89. The lowest BCUT2D eigenvalue weighted by molar-refractivity contribution is -0.130. The second-order valence-corrected chi connectivity index (χ2v) is 9.36. The molecule has 2 amide bonds. The zero-order valence-corrected chi connectivity index (χ0v) is 19.1. The molecular formula is C22H37N5O3. The number of aryl methyl sites for hydroxylation is 2. The minimum Gasteiger partial charge on any atom is -0.381 e. The van der Waals surface area contributed by atoms with Crippen molar-refractivity contribution in [3.63, 3.8) is 0 Å². The number of nitrogens with zero attached hydrogens (tertiary/aromatic N) is 3. The van der Waals surface area contributed by atoms with Crippen LogP contribution in [0.5, 0.6) is 0 Å². The number of nitrogens with one attached hydrogen (secondary N) is 2. The predicted molar refractivity (Wildman–Crippen MR) is 115 cm³/mol. The van der Waals surface area contributed by atoms with Gasteiger partial charge in [0.1, 0.15) is 6.04 Å². The second kappa shape index (κ2) is 9.47. The summed E-state index contributed by atoms with van der Waals surface area (Å²) in [6, 6.07) is -0.533. The van der Waals surface area contributed by atoms with Gasteiger partial charge < -0.3 is 15.4 Å². The summed E-state index contributed by atoms with van der Waals surface area (Å²) in [6.07, 6.45) is 2.60. The molecule has 3 rings (SSSR count). The van der Waals surface area contributed by atoms with Crippen LogP contribution in [0.4, 0.5) is 0 Å². The van der Waals surface area contributed by atoms with E-state index < -0.39 is 6.04 Å². The summed E-state index contributed by atoms with van der Waals surface area (Å²) in [4.78, 5) is 28.1. The minimum atomic E-state index is -0.533. The topological polar surface area (TPSA) is 88.5 Å². The van der Waals surface area contributed by atoms with Crippen molar-refractivity contribution in [1.29, 1.82) is 0 Å². The van der Waals surface area contributed by atoms with Gasteiger partial charge in [-0.2, -0.15) is 5.10 Å². The van der Waals surface area contributed by atoms with Gasteiger partial charge in [0.15, 0.2) is 0 Å². The summed E-state index contributed by atoms with van der Waals surface area (Å²) in [5.74, 6) is 0.318. The van der Waals surface area contributed by atoms with E-state index in [-0.39, 0.29) is 17.4 Å². The molecule has 1 aromatic rings. The van der Waals surface area contributed by atoms with Crippen LogP contribution in [0, 0.1) is 19.8 Å². The van der Waals surface area contributed by atoms with E-state index >= 15 is 0 Å². The standard InChI is InChI=1S/C22H37N5O3/c1-15(2)12-27-13-19(21(29)24-22(14-27)8-10-30-11-9-22)23-20(28)7-6-18-16(3)25-26(5)17(18)4/h15,19H,6-14H2,1-5H3,(H,23,28)(H,24,29). The highest BCUT2D eigenvalue weighted by atomic mass is 16.5. The monoisotopic (exact) mass is 419 g/mol. The van der Waals surface area contributed by atoms with Crippen molar-refractivity contribution in [3.05, 3.63) is 17.0 Å². The van der Waals surface area contributed by atoms with Gasteiger partial charge in [-0.25, -0.2) is 0 Å². The molecule has 1 unspecified atom stereocenters. The number of ether oxygens (including phenoxy) is 1. The van der Waals surface area contributed by atoms with Crippen molar-refractivity contribution in [2.75, 3.05) is 32.8 Å². The van der Waals surface area contributed by atoms with Crippen LogP contribution in [-0.2, 0) is 27.8 Å². The third-order valence-corrected chi connectivity index (χ3v) is 6.34. The first kappa shape index (κ1) is 22.7. The minimum absolute atomic E-state index is 0.0785.